The summed E-state index contributed by atoms with van der Waals surface area (Å²) in [4.78, 5) is 0. The average molecular weight is 453 g/mol. The lowest BCUT2D eigenvalue weighted by Crippen LogP contribution is -2.39. The molecule has 1 aliphatic rings. The van der Waals surface area contributed by atoms with Crippen molar-refractivity contribution in [2.75, 3.05) is 14.1 Å². The van der Waals surface area contributed by atoms with Gasteiger partial charge < -0.3 is 10.6 Å². The molecule has 2 rings (SSSR count). The van der Waals surface area contributed by atoms with Crippen molar-refractivity contribution in [3.05, 3.63) is 35.9 Å². The summed E-state index contributed by atoms with van der Waals surface area (Å²) >= 11 is 0. The molecule has 0 amide bonds. The fraction of sp³-hybridized carbons (Fsp3) is 0.800. The first kappa shape index (κ1) is 38.4. The summed E-state index contributed by atoms with van der Waals surface area (Å²) < 4.78 is 0. The zero-order valence-electron chi connectivity index (χ0n) is 22.7. The first-order valence-corrected chi connectivity index (χ1v) is 12.0. The first-order chi connectivity index (χ1) is 13.6. The Morgan fingerprint density at radius 1 is 0.750 bits per heavy atom. The molecule has 2 N–H and O–H groups in total. The molecule has 0 heterocycles. The minimum absolute atomic E-state index is 0. The van der Waals surface area contributed by atoms with Gasteiger partial charge in [-0.15, -0.1) is 0 Å². The van der Waals surface area contributed by atoms with Gasteiger partial charge in [-0.25, -0.2) is 0 Å². The van der Waals surface area contributed by atoms with E-state index in [1.807, 2.05) is 32.3 Å². The van der Waals surface area contributed by atoms with E-state index in [2.05, 4.69) is 92.0 Å². The maximum absolute atomic E-state index is 3.30. The zero-order valence-corrected chi connectivity index (χ0v) is 22.7. The van der Waals surface area contributed by atoms with E-state index in [0.717, 1.165) is 5.92 Å². The Hall–Kier alpha value is -0.860. The molecule has 0 aliphatic heterocycles. The predicted molar refractivity (Wildman–Crippen MR) is 153 cm³/mol. The monoisotopic (exact) mass is 453 g/mol. The summed E-state index contributed by atoms with van der Waals surface area (Å²) in [6.07, 6.45) is 8.64. The van der Waals surface area contributed by atoms with Crippen LogP contribution in [-0.4, -0.2) is 25.2 Å². The van der Waals surface area contributed by atoms with Gasteiger partial charge in [-0.3, -0.25) is 0 Å². The molecule has 0 unspecified atom stereocenters. The number of hydrogen-bond acceptors (Lipinski definition) is 2. The molecule has 32 heavy (non-hydrogen) atoms. The SMILES string of the molecule is C.C.CC1CCCCC1.CNC(C)(C)C.CNC(C)(C)CC(C)(C)C.Cc1ccccc1. The van der Waals surface area contributed by atoms with Gasteiger partial charge in [-0.2, -0.15) is 0 Å². The number of aryl methyl sites for hydroxylation is 1. The van der Waals surface area contributed by atoms with Gasteiger partial charge in [0.15, 0.2) is 0 Å². The molecule has 0 bridgehead atoms. The van der Waals surface area contributed by atoms with E-state index in [-0.39, 0.29) is 20.4 Å². The Labute approximate surface area is 205 Å². The van der Waals surface area contributed by atoms with Gasteiger partial charge in [0, 0.05) is 11.1 Å². The molecule has 194 valence electrons. The highest BCUT2D eigenvalue weighted by molar-refractivity contribution is 5.11. The fourth-order valence-corrected chi connectivity index (χ4v) is 3.26. The second-order valence-corrected chi connectivity index (χ2v) is 11.8. The standard InChI is InChI=1S/C9H21N.C7H14.C7H8.C5H13N.2CH4/c1-8(2,3)7-9(4,5)10-6;2*1-7-5-3-2-4-6-7;1-5(2,3)6-4;;/h10H,7H2,1-6H3;7H,2-6H2,1H3;2-6H,1H3;6H,1-4H3;2*1H4. The highest BCUT2D eigenvalue weighted by Crippen LogP contribution is 2.26. The summed E-state index contributed by atoms with van der Waals surface area (Å²) in [5.74, 6) is 1.04. The third-order valence-electron chi connectivity index (χ3n) is 5.23. The fourth-order valence-electron chi connectivity index (χ4n) is 3.26. The Kier molecular flexibility index (Phi) is 23.5. The van der Waals surface area contributed by atoms with Crippen molar-refractivity contribution in [1.29, 1.82) is 0 Å². The smallest absolute Gasteiger partial charge is 0.0127 e. The lowest BCUT2D eigenvalue weighted by atomic mass is 9.82. The minimum Gasteiger partial charge on any atom is -0.315 e. The van der Waals surface area contributed by atoms with Crippen LogP contribution in [0.2, 0.25) is 0 Å². The molecule has 0 aromatic heterocycles. The molecule has 1 saturated carbocycles. The molecule has 2 nitrogen and oxygen atoms in total. The summed E-state index contributed by atoms with van der Waals surface area (Å²) in [5, 5.41) is 6.40. The van der Waals surface area contributed by atoms with Crippen LogP contribution < -0.4 is 10.6 Å². The summed E-state index contributed by atoms with van der Waals surface area (Å²) in [7, 11) is 3.98. The van der Waals surface area contributed by atoms with Crippen LogP contribution >= 0.6 is 0 Å². The molecule has 1 fully saturated rings. The molecular weight excluding hydrogens is 388 g/mol. The molecule has 0 saturated heterocycles. The molecule has 1 aliphatic carbocycles. The number of rotatable bonds is 2. The van der Waals surface area contributed by atoms with Crippen LogP contribution in [0.5, 0.6) is 0 Å². The van der Waals surface area contributed by atoms with Crippen molar-refractivity contribution in [3.8, 4) is 0 Å². The maximum Gasteiger partial charge on any atom is 0.0127 e. The highest BCUT2D eigenvalue weighted by atomic mass is 14.9. The summed E-state index contributed by atoms with van der Waals surface area (Å²) in [6.45, 7) is 22.1. The topological polar surface area (TPSA) is 24.1 Å². The van der Waals surface area contributed by atoms with Crippen molar-refractivity contribution in [2.24, 2.45) is 11.3 Å². The first-order valence-electron chi connectivity index (χ1n) is 12.0. The summed E-state index contributed by atoms with van der Waals surface area (Å²) in [6, 6.07) is 10.3. The van der Waals surface area contributed by atoms with Crippen molar-refractivity contribution >= 4 is 0 Å². The van der Waals surface area contributed by atoms with Gasteiger partial charge in [-0.1, -0.05) is 111 Å². The van der Waals surface area contributed by atoms with Gasteiger partial charge in [0.05, 0.1) is 0 Å². The van der Waals surface area contributed by atoms with Crippen LogP contribution in [0.15, 0.2) is 30.3 Å². The van der Waals surface area contributed by atoms with Crippen LogP contribution in [0, 0.1) is 18.3 Å². The van der Waals surface area contributed by atoms with Gasteiger partial charge in [0.1, 0.15) is 0 Å². The van der Waals surface area contributed by atoms with Gasteiger partial charge in [0.2, 0.25) is 0 Å². The van der Waals surface area contributed by atoms with E-state index < -0.39 is 0 Å². The van der Waals surface area contributed by atoms with E-state index in [1.165, 1.54) is 44.1 Å². The molecule has 1 aromatic carbocycles. The van der Waals surface area contributed by atoms with Crippen molar-refractivity contribution < 1.29 is 0 Å². The molecule has 0 radical (unpaired) electrons. The second-order valence-electron chi connectivity index (χ2n) is 11.8. The van der Waals surface area contributed by atoms with Crippen LogP contribution in [0.25, 0.3) is 0 Å². The Balaban J connectivity index is -0.000000163. The van der Waals surface area contributed by atoms with Crippen LogP contribution in [0.4, 0.5) is 0 Å². The normalized spacial score (nSPS) is 14.0. The van der Waals surface area contributed by atoms with E-state index >= 15 is 0 Å². The lowest BCUT2D eigenvalue weighted by Gasteiger charge is -2.31. The molecule has 0 spiro atoms. The van der Waals surface area contributed by atoms with E-state index in [4.69, 9.17) is 0 Å². The number of hydrogen-bond donors (Lipinski definition) is 2. The van der Waals surface area contributed by atoms with Crippen LogP contribution in [-0.2, 0) is 0 Å². The lowest BCUT2D eigenvalue weighted by molar-refractivity contribution is 0.254. The van der Waals surface area contributed by atoms with Crippen LogP contribution in [0.3, 0.4) is 0 Å². The Morgan fingerprint density at radius 3 is 1.31 bits per heavy atom. The van der Waals surface area contributed by atoms with Crippen molar-refractivity contribution in [3.63, 3.8) is 0 Å². The zero-order chi connectivity index (χ0) is 23.8. The van der Waals surface area contributed by atoms with Crippen molar-refractivity contribution in [1.82, 2.24) is 10.6 Å². The molecule has 1 aromatic rings. The van der Waals surface area contributed by atoms with Gasteiger partial charge in [-0.05, 0) is 73.4 Å². The van der Waals surface area contributed by atoms with Crippen molar-refractivity contribution in [2.45, 2.75) is 134 Å². The number of benzene rings is 1. The van der Waals surface area contributed by atoms with Gasteiger partial charge in [0.25, 0.3) is 0 Å². The van der Waals surface area contributed by atoms with E-state index in [9.17, 15) is 0 Å². The Morgan fingerprint density at radius 2 is 1.16 bits per heavy atom. The molecule has 0 atom stereocenters. The predicted octanol–water partition coefficient (Wildman–Crippen LogP) is 9.28. The maximum atomic E-state index is 3.30. The highest BCUT2D eigenvalue weighted by Gasteiger charge is 2.22. The van der Waals surface area contributed by atoms with Gasteiger partial charge >= 0.3 is 0 Å². The van der Waals surface area contributed by atoms with Crippen LogP contribution in [0.1, 0.15) is 121 Å². The third-order valence-corrected chi connectivity index (χ3v) is 5.23. The largest absolute Gasteiger partial charge is 0.315 e. The average Bonchev–Trinajstić information content (AvgIpc) is 2.62. The van der Waals surface area contributed by atoms with E-state index in [0.29, 0.717) is 11.0 Å². The molecule has 2 heteroatoms. The third kappa shape index (κ3) is 31.3. The molecular formula is C30H64N2. The van der Waals surface area contributed by atoms with E-state index in [1.54, 1.807) is 0 Å². The number of nitrogens with one attached hydrogen (secondary N) is 2. The summed E-state index contributed by atoms with van der Waals surface area (Å²) in [5.41, 5.74) is 2.31. The minimum atomic E-state index is 0. The Bertz CT molecular complexity index is 486. The quantitative estimate of drug-likeness (QED) is 0.467. The second kappa shape index (κ2) is 19.6.